The van der Waals surface area contributed by atoms with E-state index in [1.165, 1.54) is 63.4 Å². The van der Waals surface area contributed by atoms with E-state index in [9.17, 15) is 20.1 Å². The molecule has 0 saturated heterocycles. The molecule has 4 aliphatic rings. The molecule has 236 valence electrons. The van der Waals surface area contributed by atoms with Gasteiger partial charge >= 0.3 is 5.97 Å². The fourth-order valence-electron chi connectivity index (χ4n) is 9.94. The Bertz CT molecular complexity index is 885. The van der Waals surface area contributed by atoms with E-state index in [1.807, 2.05) is 6.92 Å². The number of ether oxygens (including phenoxy) is 1. The first-order valence-electron chi connectivity index (χ1n) is 17.5. The lowest BCUT2D eigenvalue weighted by Crippen LogP contribution is -2.60. The summed E-state index contributed by atoms with van der Waals surface area (Å²) in [5, 5.41) is 33.9. The van der Waals surface area contributed by atoms with Gasteiger partial charge in [-0.25, -0.2) is 0 Å². The van der Waals surface area contributed by atoms with Crippen LogP contribution in [-0.2, 0) is 9.53 Å². The third-order valence-electron chi connectivity index (χ3n) is 12.6. The van der Waals surface area contributed by atoms with E-state index in [4.69, 9.17) is 4.74 Å². The van der Waals surface area contributed by atoms with Crippen molar-refractivity contribution in [1.29, 1.82) is 0 Å². The van der Waals surface area contributed by atoms with Crippen LogP contribution < -0.4 is 0 Å². The largest absolute Gasteiger partial charge is 0.465 e. The van der Waals surface area contributed by atoms with Crippen LogP contribution in [-0.4, -0.2) is 45.7 Å². The minimum Gasteiger partial charge on any atom is -0.465 e. The van der Waals surface area contributed by atoms with Crippen molar-refractivity contribution >= 4 is 5.97 Å². The molecule has 0 heterocycles. The number of esters is 1. The number of rotatable bonds is 15. The van der Waals surface area contributed by atoms with Gasteiger partial charge in [0.2, 0.25) is 0 Å². The highest BCUT2D eigenvalue weighted by molar-refractivity contribution is 5.69. The average Bonchev–Trinajstić information content (AvgIpc) is 3.16. The molecule has 5 heteroatoms. The highest BCUT2D eigenvalue weighted by Crippen LogP contribution is 2.68. The fourth-order valence-corrected chi connectivity index (χ4v) is 9.94. The highest BCUT2D eigenvalue weighted by atomic mass is 16.5. The Labute approximate surface area is 250 Å². The van der Waals surface area contributed by atoms with Crippen molar-refractivity contribution in [3.8, 4) is 0 Å². The summed E-state index contributed by atoms with van der Waals surface area (Å²) < 4.78 is 5.71. The molecule has 4 aliphatic carbocycles. The minimum absolute atomic E-state index is 0.129. The van der Waals surface area contributed by atoms with Crippen LogP contribution in [0.25, 0.3) is 0 Å². The van der Waals surface area contributed by atoms with Gasteiger partial charge in [-0.15, -0.1) is 0 Å². The molecular formula is C36H62O5. The zero-order valence-electron chi connectivity index (χ0n) is 26.8. The molecule has 0 radical (unpaired) electrons. The molecule has 0 spiro atoms. The van der Waals surface area contributed by atoms with E-state index in [0.29, 0.717) is 24.7 Å². The second kappa shape index (κ2) is 14.2. The standard InChI is InChI=1S/C36H62O5/c1-5-6-7-8-9-10-11-12-13-14-15-16-33(39)41-25-26(2)36(40)32(38)24-31-29-18-17-27-23-28(37)19-21-34(27,3)30(29)20-22-35(31,36)4/h17,26,28-32,37-38,40H,5-16,18-25H2,1-4H3/t26-,28+,29-,30+,31+,32+,34+,35+,36-/m1/s1. The Hall–Kier alpha value is -0.910. The van der Waals surface area contributed by atoms with E-state index in [-0.39, 0.29) is 35.9 Å². The van der Waals surface area contributed by atoms with E-state index in [0.717, 1.165) is 51.4 Å². The number of carbonyl (C=O) groups is 1. The van der Waals surface area contributed by atoms with Crippen molar-refractivity contribution in [3.63, 3.8) is 0 Å². The molecular weight excluding hydrogens is 512 g/mol. The Balaban J connectivity index is 1.23. The molecule has 41 heavy (non-hydrogen) atoms. The Kier molecular flexibility index (Phi) is 11.5. The summed E-state index contributed by atoms with van der Waals surface area (Å²) in [7, 11) is 0. The molecule has 3 N–H and O–H groups in total. The van der Waals surface area contributed by atoms with Gasteiger partial charge in [0.15, 0.2) is 0 Å². The number of unbranched alkanes of at least 4 members (excludes halogenated alkanes) is 10. The highest BCUT2D eigenvalue weighted by Gasteiger charge is 2.68. The lowest BCUT2D eigenvalue weighted by molar-refractivity contribution is -0.191. The van der Waals surface area contributed by atoms with Gasteiger partial charge in [0.05, 0.1) is 18.8 Å². The molecule has 0 amide bonds. The molecule has 0 unspecified atom stereocenters. The quantitative estimate of drug-likeness (QED) is 0.105. The molecule has 0 aromatic rings. The molecule has 9 atom stereocenters. The first-order chi connectivity index (χ1) is 19.6. The predicted molar refractivity (Wildman–Crippen MR) is 165 cm³/mol. The summed E-state index contributed by atoms with van der Waals surface area (Å²) in [6.45, 7) is 8.98. The Morgan fingerprint density at radius 3 is 2.24 bits per heavy atom. The third-order valence-corrected chi connectivity index (χ3v) is 12.6. The summed E-state index contributed by atoms with van der Waals surface area (Å²) in [5.74, 6) is 0.739. The number of hydrogen-bond donors (Lipinski definition) is 3. The van der Waals surface area contributed by atoms with Crippen LogP contribution >= 0.6 is 0 Å². The van der Waals surface area contributed by atoms with Crippen LogP contribution in [0.15, 0.2) is 11.6 Å². The predicted octanol–water partition coefficient (Wildman–Crippen LogP) is 7.89. The molecule has 0 aromatic heterocycles. The molecule has 0 aromatic carbocycles. The third kappa shape index (κ3) is 6.78. The van der Waals surface area contributed by atoms with Crippen molar-refractivity contribution in [1.82, 2.24) is 0 Å². The number of fused-ring (bicyclic) bond motifs is 5. The van der Waals surface area contributed by atoms with Gasteiger partial charge < -0.3 is 20.1 Å². The maximum absolute atomic E-state index is 12.6. The van der Waals surface area contributed by atoms with E-state index >= 15 is 0 Å². The van der Waals surface area contributed by atoms with Crippen molar-refractivity contribution in [2.24, 2.45) is 34.5 Å². The molecule has 0 bridgehead atoms. The smallest absolute Gasteiger partial charge is 0.305 e. The van der Waals surface area contributed by atoms with Gasteiger partial charge in [-0.2, -0.15) is 0 Å². The van der Waals surface area contributed by atoms with Gasteiger partial charge in [0.25, 0.3) is 0 Å². The van der Waals surface area contributed by atoms with Gasteiger partial charge in [0, 0.05) is 17.8 Å². The van der Waals surface area contributed by atoms with Crippen LogP contribution in [0.2, 0.25) is 0 Å². The normalized spacial score (nSPS) is 38.9. The van der Waals surface area contributed by atoms with Crippen LogP contribution in [0, 0.1) is 34.5 Å². The van der Waals surface area contributed by atoms with E-state index in [2.05, 4.69) is 26.8 Å². The number of allylic oxidation sites excluding steroid dienone is 1. The van der Waals surface area contributed by atoms with Crippen LogP contribution in [0.4, 0.5) is 0 Å². The second-order valence-corrected chi connectivity index (χ2v) is 15.1. The van der Waals surface area contributed by atoms with Gasteiger partial charge in [-0.05, 0) is 74.5 Å². The summed E-state index contributed by atoms with van der Waals surface area (Å²) in [6.07, 6.45) is 21.8. The Morgan fingerprint density at radius 2 is 1.59 bits per heavy atom. The van der Waals surface area contributed by atoms with Crippen LogP contribution in [0.3, 0.4) is 0 Å². The number of aliphatic hydroxyl groups excluding tert-OH is 2. The van der Waals surface area contributed by atoms with Crippen LogP contribution in [0.1, 0.15) is 150 Å². The zero-order valence-corrected chi connectivity index (χ0v) is 26.8. The Morgan fingerprint density at radius 1 is 0.951 bits per heavy atom. The van der Waals surface area contributed by atoms with Crippen molar-refractivity contribution in [3.05, 3.63) is 11.6 Å². The topological polar surface area (TPSA) is 87.0 Å². The molecule has 3 fully saturated rings. The zero-order chi connectivity index (χ0) is 29.7. The second-order valence-electron chi connectivity index (χ2n) is 15.1. The van der Waals surface area contributed by atoms with E-state index < -0.39 is 17.1 Å². The lowest BCUT2D eigenvalue weighted by Gasteiger charge is -2.59. The van der Waals surface area contributed by atoms with Crippen molar-refractivity contribution in [2.45, 2.75) is 167 Å². The molecule has 5 nitrogen and oxygen atoms in total. The minimum atomic E-state index is -1.26. The SMILES string of the molecule is CCCCCCCCCCCCCC(=O)OC[C@@H](C)[C@@]1(O)[C@@H](O)C[C@H]2[C@@H]3CC=C4C[C@@H](O)CC[C@]4(C)[C@H]3CC[C@@]21C. The van der Waals surface area contributed by atoms with Crippen molar-refractivity contribution in [2.75, 3.05) is 6.61 Å². The molecule has 3 saturated carbocycles. The van der Waals surface area contributed by atoms with E-state index in [1.54, 1.807) is 0 Å². The molecule has 0 aliphatic heterocycles. The summed E-state index contributed by atoms with van der Waals surface area (Å²) in [6, 6.07) is 0. The number of hydrogen-bond acceptors (Lipinski definition) is 5. The summed E-state index contributed by atoms with van der Waals surface area (Å²) >= 11 is 0. The van der Waals surface area contributed by atoms with Gasteiger partial charge in [0.1, 0.15) is 5.60 Å². The monoisotopic (exact) mass is 574 g/mol. The lowest BCUT2D eigenvalue weighted by atomic mass is 9.46. The van der Waals surface area contributed by atoms with Gasteiger partial charge in [-0.3, -0.25) is 4.79 Å². The maximum Gasteiger partial charge on any atom is 0.305 e. The average molecular weight is 575 g/mol. The van der Waals surface area contributed by atoms with Crippen LogP contribution in [0.5, 0.6) is 0 Å². The van der Waals surface area contributed by atoms with Crippen molar-refractivity contribution < 1.29 is 24.9 Å². The number of carbonyl (C=O) groups excluding carboxylic acids is 1. The fraction of sp³-hybridized carbons (Fsp3) is 0.917. The maximum atomic E-state index is 12.6. The first-order valence-corrected chi connectivity index (χ1v) is 17.5. The summed E-state index contributed by atoms with van der Waals surface area (Å²) in [4.78, 5) is 12.6. The molecule has 4 rings (SSSR count). The van der Waals surface area contributed by atoms with Gasteiger partial charge in [-0.1, -0.05) is 104 Å². The summed E-state index contributed by atoms with van der Waals surface area (Å²) in [5.41, 5.74) is -0.0869. The number of aliphatic hydroxyl groups is 3. The first kappa shape index (κ1) is 33.0.